The third-order valence-corrected chi connectivity index (χ3v) is 3.95. The Balaban J connectivity index is 2.38. The predicted octanol–water partition coefficient (Wildman–Crippen LogP) is 0.0698. The van der Waals surface area contributed by atoms with Gasteiger partial charge in [-0.05, 0) is 22.9 Å². The molecule has 0 aliphatic carbocycles. The van der Waals surface area contributed by atoms with Gasteiger partial charge in [0, 0.05) is 7.05 Å². The number of halogens is 1. The Morgan fingerprint density at radius 2 is 2.18 bits per heavy atom. The van der Waals surface area contributed by atoms with Gasteiger partial charge in [-0.25, -0.2) is 9.40 Å². The molecule has 0 aliphatic rings. The smallest absolute Gasteiger partial charge is 0.314 e. The maximum Gasteiger partial charge on any atom is 0.335 e. The van der Waals surface area contributed by atoms with E-state index in [-0.39, 0.29) is 15.6 Å². The van der Waals surface area contributed by atoms with Gasteiger partial charge in [0.15, 0.2) is 10.4 Å². The molecule has 9 nitrogen and oxygen atoms in total. The van der Waals surface area contributed by atoms with E-state index in [1.807, 2.05) is 0 Å². The van der Waals surface area contributed by atoms with E-state index in [2.05, 4.69) is 45.6 Å². The minimum Gasteiger partial charge on any atom is -0.314 e. The van der Waals surface area contributed by atoms with Gasteiger partial charge in [-0.1, -0.05) is 10.4 Å². The Bertz CT molecular complexity index is 627. The van der Waals surface area contributed by atoms with E-state index in [1.165, 1.54) is 7.05 Å². The number of nitrogens with zero attached hydrogens (tertiary/aromatic N) is 5. The molecular weight excluding hydrogens is 316 g/mol. The first-order chi connectivity index (χ1) is 7.90. The second-order valence-corrected chi connectivity index (χ2v) is 5.41. The molecule has 0 saturated heterocycles. The average Bonchev–Trinajstić information content (AvgIpc) is 2.73. The number of anilines is 1. The Labute approximate surface area is 104 Å². The Morgan fingerprint density at radius 1 is 1.47 bits per heavy atom. The number of rotatable bonds is 3. The number of nitrogens with one attached hydrogen (secondary N) is 1. The largest absolute Gasteiger partial charge is 0.335 e. The Kier molecular flexibility index (Phi) is 2.87. The fraction of sp³-hybridized carbons (Fsp3) is 0.333. The number of aryl methyl sites for hydroxylation is 2. The summed E-state index contributed by atoms with van der Waals surface area (Å²) in [6.07, 6.45) is 0. The van der Waals surface area contributed by atoms with Crippen LogP contribution in [0.5, 0.6) is 0 Å². The molecule has 2 rings (SSSR count). The van der Waals surface area contributed by atoms with Crippen molar-refractivity contribution < 1.29 is 12.9 Å². The summed E-state index contributed by atoms with van der Waals surface area (Å²) >= 11 is 2.99. The summed E-state index contributed by atoms with van der Waals surface area (Å²) in [7, 11) is -2.42. The Morgan fingerprint density at radius 3 is 2.65 bits per heavy atom. The van der Waals surface area contributed by atoms with Crippen molar-refractivity contribution in [2.75, 3.05) is 4.72 Å². The Hall–Kier alpha value is -1.49. The topological polar surface area (TPSA) is 116 Å². The molecule has 17 heavy (non-hydrogen) atoms. The van der Waals surface area contributed by atoms with Crippen LogP contribution in [0.3, 0.4) is 0 Å². The first-order valence-electron chi connectivity index (χ1n) is 4.28. The van der Waals surface area contributed by atoms with Crippen LogP contribution in [0.1, 0.15) is 5.82 Å². The summed E-state index contributed by atoms with van der Waals surface area (Å²) in [5, 5.41) is 10.5. The molecule has 0 spiro atoms. The van der Waals surface area contributed by atoms with Crippen molar-refractivity contribution >= 4 is 32.0 Å². The third-order valence-electron chi connectivity index (χ3n) is 1.74. The minimum atomic E-state index is -3.87. The highest BCUT2D eigenvalue weighted by molar-refractivity contribution is 9.10. The SMILES string of the molecule is Cc1noc(NS(=O)(=O)c2c(Br)nnn2C)n1. The zero-order chi connectivity index (χ0) is 12.6. The first kappa shape index (κ1) is 12.0. The molecule has 2 heterocycles. The monoisotopic (exact) mass is 322 g/mol. The molecular formula is C6H7BrN6O3S. The van der Waals surface area contributed by atoms with Gasteiger partial charge in [0.1, 0.15) is 0 Å². The standard InChI is InChI=1S/C6H7BrN6O3S/c1-3-8-6(16-10-3)11-17(14,15)5-4(7)9-12-13(5)2/h1-2H3,(H,8,10,11). The zero-order valence-electron chi connectivity index (χ0n) is 8.75. The van der Waals surface area contributed by atoms with E-state index in [4.69, 9.17) is 0 Å². The van der Waals surface area contributed by atoms with Crippen molar-refractivity contribution in [2.45, 2.75) is 11.9 Å². The molecule has 0 aliphatic heterocycles. The molecule has 1 N–H and O–H groups in total. The molecule has 0 atom stereocenters. The lowest BCUT2D eigenvalue weighted by atomic mass is 10.8. The molecule has 0 aromatic carbocycles. The van der Waals surface area contributed by atoms with Crippen LogP contribution in [-0.2, 0) is 17.1 Å². The number of hydrogen-bond donors (Lipinski definition) is 1. The van der Waals surface area contributed by atoms with Gasteiger partial charge in [0.05, 0.1) is 0 Å². The fourth-order valence-corrected chi connectivity index (χ4v) is 3.13. The highest BCUT2D eigenvalue weighted by atomic mass is 79.9. The summed E-state index contributed by atoms with van der Waals surface area (Å²) in [4.78, 5) is 3.73. The van der Waals surface area contributed by atoms with Gasteiger partial charge in [-0.2, -0.15) is 13.4 Å². The van der Waals surface area contributed by atoms with Crippen LogP contribution in [-0.4, -0.2) is 33.6 Å². The number of aromatic nitrogens is 5. The molecule has 2 aromatic rings. The van der Waals surface area contributed by atoms with Crippen LogP contribution in [0, 0.1) is 6.92 Å². The maximum atomic E-state index is 11.9. The van der Waals surface area contributed by atoms with Gasteiger partial charge in [-0.3, -0.25) is 0 Å². The van der Waals surface area contributed by atoms with Crippen molar-refractivity contribution in [3.63, 3.8) is 0 Å². The van der Waals surface area contributed by atoms with Crippen LogP contribution < -0.4 is 4.72 Å². The fourth-order valence-electron chi connectivity index (χ4n) is 1.11. The molecule has 11 heteroatoms. The van der Waals surface area contributed by atoms with E-state index in [1.54, 1.807) is 6.92 Å². The lowest BCUT2D eigenvalue weighted by Gasteiger charge is -2.02. The molecule has 0 radical (unpaired) electrons. The molecule has 0 bridgehead atoms. The van der Waals surface area contributed by atoms with Crippen molar-refractivity contribution in [2.24, 2.45) is 7.05 Å². The van der Waals surface area contributed by atoms with Crippen LogP contribution in [0.15, 0.2) is 14.2 Å². The maximum absolute atomic E-state index is 11.9. The summed E-state index contributed by atoms with van der Waals surface area (Å²) in [6, 6.07) is -0.212. The number of sulfonamides is 1. The zero-order valence-corrected chi connectivity index (χ0v) is 11.1. The van der Waals surface area contributed by atoms with Crippen molar-refractivity contribution in [3.05, 3.63) is 10.4 Å². The van der Waals surface area contributed by atoms with Gasteiger partial charge < -0.3 is 4.52 Å². The van der Waals surface area contributed by atoms with Crippen molar-refractivity contribution in [1.29, 1.82) is 0 Å². The van der Waals surface area contributed by atoms with Gasteiger partial charge in [0.2, 0.25) is 5.03 Å². The molecule has 0 saturated carbocycles. The first-order valence-corrected chi connectivity index (χ1v) is 6.56. The van der Waals surface area contributed by atoms with Gasteiger partial charge >= 0.3 is 6.01 Å². The van der Waals surface area contributed by atoms with E-state index in [0.717, 1.165) is 4.68 Å². The third kappa shape index (κ3) is 2.29. The van der Waals surface area contributed by atoms with Gasteiger partial charge in [-0.15, -0.1) is 5.10 Å². The lowest BCUT2D eigenvalue weighted by Crippen LogP contribution is -2.17. The molecule has 0 amide bonds. The predicted molar refractivity (Wildman–Crippen MR) is 58.5 cm³/mol. The summed E-state index contributed by atoms with van der Waals surface area (Å²) in [5.41, 5.74) is 0. The second-order valence-electron chi connectivity index (χ2n) is 3.06. The average molecular weight is 323 g/mol. The molecule has 2 aromatic heterocycles. The van der Waals surface area contributed by atoms with Crippen LogP contribution in [0.4, 0.5) is 6.01 Å². The molecule has 92 valence electrons. The second kappa shape index (κ2) is 4.07. The van der Waals surface area contributed by atoms with E-state index >= 15 is 0 Å². The van der Waals surface area contributed by atoms with Gasteiger partial charge in [0.25, 0.3) is 10.0 Å². The summed E-state index contributed by atoms with van der Waals surface area (Å²) < 4.78 is 31.9. The summed E-state index contributed by atoms with van der Waals surface area (Å²) in [6.45, 7) is 1.57. The van der Waals surface area contributed by atoms with Crippen LogP contribution in [0.2, 0.25) is 0 Å². The van der Waals surface area contributed by atoms with Crippen LogP contribution in [0.25, 0.3) is 0 Å². The minimum absolute atomic E-state index is 0.101. The normalized spacial score (nSPS) is 11.7. The lowest BCUT2D eigenvalue weighted by molar-refractivity contribution is 0.429. The van der Waals surface area contributed by atoms with E-state index < -0.39 is 10.0 Å². The van der Waals surface area contributed by atoms with Crippen molar-refractivity contribution in [1.82, 2.24) is 25.1 Å². The number of hydrogen-bond acceptors (Lipinski definition) is 7. The molecule has 0 unspecified atom stereocenters. The van der Waals surface area contributed by atoms with E-state index in [0.29, 0.717) is 5.82 Å². The van der Waals surface area contributed by atoms with Crippen molar-refractivity contribution in [3.8, 4) is 0 Å². The highest BCUT2D eigenvalue weighted by Gasteiger charge is 2.25. The highest BCUT2D eigenvalue weighted by Crippen LogP contribution is 2.20. The van der Waals surface area contributed by atoms with E-state index in [9.17, 15) is 8.42 Å². The molecule has 0 fully saturated rings. The summed E-state index contributed by atoms with van der Waals surface area (Å²) in [5.74, 6) is 0.324. The quantitative estimate of drug-likeness (QED) is 0.849. The van der Waals surface area contributed by atoms with Crippen LogP contribution >= 0.6 is 15.9 Å².